The van der Waals surface area contributed by atoms with Gasteiger partial charge >= 0.3 is 6.03 Å². The van der Waals surface area contributed by atoms with Gasteiger partial charge in [0, 0.05) is 25.7 Å². The molecular weight excluding hydrogens is 320 g/mol. The number of urea groups is 1. The fourth-order valence-corrected chi connectivity index (χ4v) is 3.82. The molecule has 0 unspecified atom stereocenters. The van der Waals surface area contributed by atoms with Crippen molar-refractivity contribution in [1.82, 2.24) is 29.9 Å². The molecule has 2 fully saturated rings. The molecule has 1 saturated heterocycles. The minimum atomic E-state index is -0.246. The molecule has 1 atom stereocenters. The van der Waals surface area contributed by atoms with Crippen molar-refractivity contribution in [2.24, 2.45) is 0 Å². The van der Waals surface area contributed by atoms with Crippen LogP contribution in [0.4, 0.5) is 4.79 Å². The Balaban J connectivity index is 1.55. The lowest BCUT2D eigenvalue weighted by atomic mass is 10.2. The van der Waals surface area contributed by atoms with E-state index >= 15 is 0 Å². The summed E-state index contributed by atoms with van der Waals surface area (Å²) < 4.78 is 1.95. The van der Waals surface area contributed by atoms with Crippen molar-refractivity contribution in [2.75, 3.05) is 19.6 Å². The predicted molar refractivity (Wildman–Crippen MR) is 92.8 cm³/mol. The average Bonchev–Trinajstić information content (AvgIpc) is 3.26. The Bertz CT molecular complexity index is 610. The normalized spacial score (nSPS) is 20.2. The van der Waals surface area contributed by atoms with E-state index in [0.29, 0.717) is 19.1 Å². The molecule has 0 spiro atoms. The van der Waals surface area contributed by atoms with Crippen LogP contribution < -0.4 is 5.32 Å². The lowest BCUT2D eigenvalue weighted by Gasteiger charge is -2.38. The number of nitrogens with one attached hydrogen (secondary N) is 1. The Morgan fingerprint density at radius 1 is 1.36 bits per heavy atom. The van der Waals surface area contributed by atoms with E-state index < -0.39 is 0 Å². The summed E-state index contributed by atoms with van der Waals surface area (Å²) in [5.41, 5.74) is 0. The summed E-state index contributed by atoms with van der Waals surface area (Å²) in [6, 6.07) is -0.0771. The van der Waals surface area contributed by atoms with E-state index in [4.69, 9.17) is 0 Å². The van der Waals surface area contributed by atoms with Crippen molar-refractivity contribution in [1.29, 1.82) is 0 Å². The van der Waals surface area contributed by atoms with Crippen LogP contribution in [0.3, 0.4) is 0 Å². The van der Waals surface area contributed by atoms with Gasteiger partial charge in [-0.25, -0.2) is 4.79 Å². The van der Waals surface area contributed by atoms with E-state index in [1.165, 1.54) is 12.8 Å². The van der Waals surface area contributed by atoms with Gasteiger partial charge in [0.15, 0.2) is 5.82 Å². The number of amides is 3. The van der Waals surface area contributed by atoms with Crippen LogP contribution in [0.2, 0.25) is 0 Å². The average molecular weight is 348 g/mol. The van der Waals surface area contributed by atoms with Crippen molar-refractivity contribution in [3.63, 3.8) is 0 Å². The molecular formula is C17H28N6O2. The third-order valence-electron chi connectivity index (χ3n) is 5.15. The van der Waals surface area contributed by atoms with E-state index in [1.54, 1.807) is 11.2 Å². The molecule has 1 aliphatic heterocycles. The molecule has 3 amide bonds. The van der Waals surface area contributed by atoms with Crippen molar-refractivity contribution < 1.29 is 9.59 Å². The highest BCUT2D eigenvalue weighted by molar-refractivity contribution is 5.85. The van der Waals surface area contributed by atoms with Gasteiger partial charge in [-0.15, -0.1) is 10.2 Å². The van der Waals surface area contributed by atoms with Gasteiger partial charge in [-0.2, -0.15) is 0 Å². The molecule has 0 radical (unpaired) electrons. The van der Waals surface area contributed by atoms with Crippen LogP contribution in [0.1, 0.15) is 57.8 Å². The van der Waals surface area contributed by atoms with Crippen LogP contribution >= 0.6 is 0 Å². The molecule has 8 heteroatoms. The number of hydrogen-bond acceptors (Lipinski definition) is 4. The van der Waals surface area contributed by atoms with Crippen LogP contribution in [-0.2, 0) is 11.3 Å². The number of carbonyl (C=O) groups excluding carboxylic acids is 2. The molecule has 8 nitrogen and oxygen atoms in total. The van der Waals surface area contributed by atoms with Gasteiger partial charge < -0.3 is 19.7 Å². The number of carbonyl (C=O) groups is 2. The summed E-state index contributed by atoms with van der Waals surface area (Å²) in [5.74, 6) is 0.807. The number of aromatic nitrogens is 3. The molecule has 2 aliphatic rings. The van der Waals surface area contributed by atoms with Gasteiger partial charge in [-0.05, 0) is 26.2 Å². The summed E-state index contributed by atoms with van der Waals surface area (Å²) >= 11 is 0. The van der Waals surface area contributed by atoms with Crippen LogP contribution in [0.25, 0.3) is 0 Å². The Morgan fingerprint density at radius 3 is 2.80 bits per heavy atom. The molecule has 1 N–H and O–H groups in total. The predicted octanol–water partition coefficient (Wildman–Crippen LogP) is 1.55. The van der Waals surface area contributed by atoms with Crippen LogP contribution in [-0.4, -0.2) is 62.2 Å². The topological polar surface area (TPSA) is 83.4 Å². The summed E-state index contributed by atoms with van der Waals surface area (Å²) in [6.45, 7) is 6.19. The highest BCUT2D eigenvalue weighted by Gasteiger charge is 2.33. The number of piperazine rings is 1. The van der Waals surface area contributed by atoms with Crippen LogP contribution in [0.15, 0.2) is 6.33 Å². The Morgan fingerprint density at radius 2 is 2.12 bits per heavy atom. The fourth-order valence-electron chi connectivity index (χ4n) is 3.82. The maximum Gasteiger partial charge on any atom is 0.318 e. The Hall–Kier alpha value is -2.12. The minimum absolute atomic E-state index is 0.0649. The Kier molecular flexibility index (Phi) is 5.55. The summed E-state index contributed by atoms with van der Waals surface area (Å²) in [4.78, 5) is 28.5. The van der Waals surface area contributed by atoms with E-state index in [2.05, 4.69) is 22.4 Å². The van der Waals surface area contributed by atoms with Crippen LogP contribution in [0, 0.1) is 0 Å². The highest BCUT2D eigenvalue weighted by Crippen LogP contribution is 2.25. The molecule has 25 heavy (non-hydrogen) atoms. The largest absolute Gasteiger partial charge is 0.336 e. The molecule has 1 aromatic heterocycles. The lowest BCUT2D eigenvalue weighted by Crippen LogP contribution is -2.57. The zero-order chi connectivity index (χ0) is 17.8. The molecule has 1 saturated carbocycles. The SMILES string of the molecule is CCCn1cnnc1[C@H](C)NC(=O)N1CCN(C2CCCC2)C(=O)C1. The van der Waals surface area contributed by atoms with Gasteiger partial charge in [-0.3, -0.25) is 4.79 Å². The van der Waals surface area contributed by atoms with Crippen molar-refractivity contribution in [3.05, 3.63) is 12.2 Å². The first kappa shape index (κ1) is 17.7. The number of rotatable bonds is 5. The van der Waals surface area contributed by atoms with Gasteiger partial charge in [0.2, 0.25) is 5.91 Å². The van der Waals surface area contributed by atoms with Crippen LogP contribution in [0.5, 0.6) is 0 Å². The maximum absolute atomic E-state index is 12.5. The molecule has 138 valence electrons. The second kappa shape index (κ2) is 7.84. The van der Waals surface area contributed by atoms with Crippen molar-refractivity contribution in [2.45, 2.75) is 64.6 Å². The van der Waals surface area contributed by atoms with Gasteiger partial charge in [0.25, 0.3) is 0 Å². The zero-order valence-electron chi connectivity index (χ0n) is 15.1. The third-order valence-corrected chi connectivity index (χ3v) is 5.15. The smallest absolute Gasteiger partial charge is 0.318 e. The molecule has 0 aromatic carbocycles. The quantitative estimate of drug-likeness (QED) is 0.875. The maximum atomic E-state index is 12.5. The monoisotopic (exact) mass is 348 g/mol. The summed E-state index contributed by atoms with van der Waals surface area (Å²) in [7, 11) is 0. The van der Waals surface area contributed by atoms with Crippen molar-refractivity contribution >= 4 is 11.9 Å². The third kappa shape index (κ3) is 3.93. The lowest BCUT2D eigenvalue weighted by molar-refractivity contribution is -0.137. The first-order chi connectivity index (χ1) is 12.1. The molecule has 2 heterocycles. The van der Waals surface area contributed by atoms with Gasteiger partial charge in [-0.1, -0.05) is 19.8 Å². The minimum Gasteiger partial charge on any atom is -0.336 e. The van der Waals surface area contributed by atoms with Gasteiger partial charge in [0.1, 0.15) is 12.9 Å². The standard InChI is InChI=1S/C17H28N6O2/c1-3-8-22-12-18-20-16(22)13(2)19-17(25)21-9-10-23(15(24)11-21)14-6-4-5-7-14/h12-14H,3-11H2,1-2H3,(H,19,25)/t13-/m0/s1. The first-order valence-corrected chi connectivity index (χ1v) is 9.32. The molecule has 1 aromatic rings. The zero-order valence-corrected chi connectivity index (χ0v) is 15.1. The fraction of sp³-hybridized carbons (Fsp3) is 0.765. The number of aryl methyl sites for hydroxylation is 1. The van der Waals surface area contributed by atoms with E-state index in [0.717, 1.165) is 31.6 Å². The first-order valence-electron chi connectivity index (χ1n) is 9.32. The van der Waals surface area contributed by atoms with Gasteiger partial charge in [0.05, 0.1) is 6.04 Å². The summed E-state index contributed by atoms with van der Waals surface area (Å²) in [6.07, 6.45) is 7.27. The number of hydrogen-bond donors (Lipinski definition) is 1. The molecule has 0 bridgehead atoms. The van der Waals surface area contributed by atoms with E-state index in [9.17, 15) is 9.59 Å². The summed E-state index contributed by atoms with van der Waals surface area (Å²) in [5, 5.41) is 11.0. The van der Waals surface area contributed by atoms with Crippen molar-refractivity contribution in [3.8, 4) is 0 Å². The number of nitrogens with zero attached hydrogens (tertiary/aromatic N) is 5. The second-order valence-corrected chi connectivity index (χ2v) is 7.00. The van der Waals surface area contributed by atoms with E-state index in [1.807, 2.05) is 16.4 Å². The molecule has 1 aliphatic carbocycles. The molecule has 3 rings (SSSR count). The van der Waals surface area contributed by atoms with E-state index in [-0.39, 0.29) is 24.5 Å². The second-order valence-electron chi connectivity index (χ2n) is 7.00. The Labute approximate surface area is 148 Å². The highest BCUT2D eigenvalue weighted by atomic mass is 16.2.